The van der Waals surface area contributed by atoms with E-state index in [1.54, 1.807) is 6.26 Å². The van der Waals surface area contributed by atoms with Gasteiger partial charge in [-0.15, -0.1) is 0 Å². The summed E-state index contributed by atoms with van der Waals surface area (Å²) in [5.74, 6) is 1.78. The van der Waals surface area contributed by atoms with Crippen LogP contribution in [-0.2, 0) is 6.54 Å². The first kappa shape index (κ1) is 11.6. The molecule has 3 nitrogen and oxygen atoms in total. The Labute approximate surface area is 97.6 Å². The summed E-state index contributed by atoms with van der Waals surface area (Å²) in [5, 5.41) is 7.47. The minimum atomic E-state index is 0.673. The molecule has 1 saturated carbocycles. The average molecular weight is 222 g/mol. The molecule has 0 saturated heterocycles. The molecular weight excluding hydrogens is 200 g/mol. The number of hydrogen-bond acceptors (Lipinski definition) is 3. The highest BCUT2D eigenvalue weighted by molar-refractivity contribution is 4.95. The fourth-order valence-corrected chi connectivity index (χ4v) is 2.57. The second kappa shape index (κ2) is 5.48. The smallest absolute Gasteiger partial charge is 0.124 e. The van der Waals surface area contributed by atoms with Gasteiger partial charge in [-0.1, -0.05) is 19.0 Å². The van der Waals surface area contributed by atoms with Crippen molar-refractivity contribution in [2.45, 2.75) is 52.1 Å². The van der Waals surface area contributed by atoms with Crippen molar-refractivity contribution < 1.29 is 4.52 Å². The van der Waals surface area contributed by atoms with Gasteiger partial charge in [-0.05, 0) is 37.5 Å². The summed E-state index contributed by atoms with van der Waals surface area (Å²) >= 11 is 0. The molecule has 2 rings (SSSR count). The van der Waals surface area contributed by atoms with Crippen LogP contribution in [0, 0.1) is 11.8 Å². The number of rotatable bonds is 4. The van der Waals surface area contributed by atoms with Gasteiger partial charge in [0.2, 0.25) is 0 Å². The monoisotopic (exact) mass is 222 g/mol. The van der Waals surface area contributed by atoms with E-state index in [-0.39, 0.29) is 0 Å². The summed E-state index contributed by atoms with van der Waals surface area (Å²) in [6.07, 6.45) is 6.98. The molecule has 0 aromatic carbocycles. The van der Waals surface area contributed by atoms with Crippen molar-refractivity contribution in [1.82, 2.24) is 10.5 Å². The van der Waals surface area contributed by atoms with Gasteiger partial charge >= 0.3 is 0 Å². The van der Waals surface area contributed by atoms with Crippen LogP contribution in [0.15, 0.2) is 16.9 Å². The third-order valence-electron chi connectivity index (χ3n) is 3.78. The lowest BCUT2D eigenvalue weighted by Gasteiger charge is -2.31. The third-order valence-corrected chi connectivity index (χ3v) is 3.78. The predicted octanol–water partition coefficient (Wildman–Crippen LogP) is 2.98. The van der Waals surface area contributed by atoms with E-state index in [4.69, 9.17) is 4.52 Å². The zero-order valence-corrected chi connectivity index (χ0v) is 10.3. The van der Waals surface area contributed by atoms with E-state index >= 15 is 0 Å². The number of aromatic nitrogens is 1. The van der Waals surface area contributed by atoms with Crippen LogP contribution < -0.4 is 5.32 Å². The lowest BCUT2D eigenvalue weighted by Crippen LogP contribution is -2.33. The lowest BCUT2D eigenvalue weighted by atomic mass is 9.80. The summed E-state index contributed by atoms with van der Waals surface area (Å²) in [5.41, 5.74) is 1.01. The Balaban J connectivity index is 1.69. The first-order valence-electron chi connectivity index (χ1n) is 6.38. The van der Waals surface area contributed by atoms with E-state index in [9.17, 15) is 0 Å². The van der Waals surface area contributed by atoms with Gasteiger partial charge in [-0.3, -0.25) is 0 Å². The minimum absolute atomic E-state index is 0.673. The molecule has 1 aliphatic carbocycles. The van der Waals surface area contributed by atoms with E-state index in [2.05, 4.69) is 24.3 Å². The highest BCUT2D eigenvalue weighted by Gasteiger charge is 2.22. The van der Waals surface area contributed by atoms with Gasteiger partial charge in [0.25, 0.3) is 0 Å². The van der Waals surface area contributed by atoms with E-state index in [0.717, 1.165) is 24.1 Å². The molecule has 0 unspecified atom stereocenters. The van der Waals surface area contributed by atoms with Crippen LogP contribution in [0.1, 0.15) is 45.2 Å². The standard InChI is InChI=1S/C13H22N2O/c1-10(2)11-3-5-12(6-4-11)14-9-13-7-8-16-15-13/h7-8,10-12,14H,3-6,9H2,1-2H3. The third kappa shape index (κ3) is 3.08. The molecule has 0 amide bonds. The molecule has 1 N–H and O–H groups in total. The maximum Gasteiger partial charge on any atom is 0.124 e. The molecular formula is C13H22N2O. The molecule has 0 bridgehead atoms. The van der Waals surface area contributed by atoms with Crippen molar-refractivity contribution in [2.75, 3.05) is 0 Å². The van der Waals surface area contributed by atoms with Gasteiger partial charge in [-0.2, -0.15) is 0 Å². The van der Waals surface area contributed by atoms with Gasteiger partial charge in [-0.25, -0.2) is 0 Å². The van der Waals surface area contributed by atoms with Crippen LogP contribution >= 0.6 is 0 Å². The van der Waals surface area contributed by atoms with Gasteiger partial charge in [0.15, 0.2) is 0 Å². The fourth-order valence-electron chi connectivity index (χ4n) is 2.57. The maximum atomic E-state index is 4.81. The molecule has 3 heteroatoms. The molecule has 0 atom stereocenters. The molecule has 16 heavy (non-hydrogen) atoms. The minimum Gasteiger partial charge on any atom is -0.364 e. The van der Waals surface area contributed by atoms with E-state index in [1.165, 1.54) is 25.7 Å². The molecule has 1 aromatic heterocycles. The second-order valence-electron chi connectivity index (χ2n) is 5.23. The van der Waals surface area contributed by atoms with Crippen molar-refractivity contribution >= 4 is 0 Å². The lowest BCUT2D eigenvalue weighted by molar-refractivity contribution is 0.237. The highest BCUT2D eigenvalue weighted by atomic mass is 16.5. The number of nitrogens with one attached hydrogen (secondary N) is 1. The maximum absolute atomic E-state index is 4.81. The van der Waals surface area contributed by atoms with E-state index in [1.807, 2.05) is 6.07 Å². The van der Waals surface area contributed by atoms with Crippen LogP contribution in [-0.4, -0.2) is 11.2 Å². The SMILES string of the molecule is CC(C)C1CCC(NCc2ccon2)CC1. The normalized spacial score (nSPS) is 26.2. The average Bonchev–Trinajstić information content (AvgIpc) is 2.80. The topological polar surface area (TPSA) is 38.1 Å². The Morgan fingerprint density at radius 3 is 2.69 bits per heavy atom. The van der Waals surface area contributed by atoms with Crippen LogP contribution in [0.3, 0.4) is 0 Å². The molecule has 1 fully saturated rings. The first-order chi connectivity index (χ1) is 7.75. The molecule has 1 aliphatic rings. The highest BCUT2D eigenvalue weighted by Crippen LogP contribution is 2.29. The molecule has 90 valence electrons. The molecule has 1 aromatic rings. The fraction of sp³-hybridized carbons (Fsp3) is 0.769. The van der Waals surface area contributed by atoms with Gasteiger partial charge in [0.05, 0.1) is 5.69 Å². The van der Waals surface area contributed by atoms with Crippen LogP contribution in [0.5, 0.6) is 0 Å². The van der Waals surface area contributed by atoms with Crippen LogP contribution in [0.2, 0.25) is 0 Å². The van der Waals surface area contributed by atoms with Crippen LogP contribution in [0.25, 0.3) is 0 Å². The number of hydrogen-bond donors (Lipinski definition) is 1. The Hall–Kier alpha value is -0.830. The molecule has 0 aliphatic heterocycles. The Kier molecular flexibility index (Phi) is 3.99. The van der Waals surface area contributed by atoms with Crippen molar-refractivity contribution in [3.05, 3.63) is 18.0 Å². The van der Waals surface area contributed by atoms with E-state index < -0.39 is 0 Å². The van der Waals surface area contributed by atoms with Gasteiger partial charge in [0, 0.05) is 18.7 Å². The Bertz CT molecular complexity index is 287. The molecule has 1 heterocycles. The van der Waals surface area contributed by atoms with Gasteiger partial charge < -0.3 is 9.84 Å². The van der Waals surface area contributed by atoms with Crippen molar-refractivity contribution in [1.29, 1.82) is 0 Å². The first-order valence-corrected chi connectivity index (χ1v) is 6.38. The largest absolute Gasteiger partial charge is 0.364 e. The summed E-state index contributed by atoms with van der Waals surface area (Å²) in [6.45, 7) is 5.52. The zero-order valence-electron chi connectivity index (χ0n) is 10.3. The van der Waals surface area contributed by atoms with Crippen LogP contribution in [0.4, 0.5) is 0 Å². The predicted molar refractivity (Wildman–Crippen MR) is 63.9 cm³/mol. The summed E-state index contributed by atoms with van der Waals surface area (Å²) in [6, 6.07) is 2.60. The van der Waals surface area contributed by atoms with Crippen molar-refractivity contribution in [3.8, 4) is 0 Å². The van der Waals surface area contributed by atoms with Crippen molar-refractivity contribution in [2.24, 2.45) is 11.8 Å². The summed E-state index contributed by atoms with van der Waals surface area (Å²) in [7, 11) is 0. The molecule has 0 spiro atoms. The summed E-state index contributed by atoms with van der Waals surface area (Å²) < 4.78 is 4.81. The second-order valence-corrected chi connectivity index (χ2v) is 5.23. The van der Waals surface area contributed by atoms with Gasteiger partial charge in [0.1, 0.15) is 6.26 Å². The summed E-state index contributed by atoms with van der Waals surface area (Å²) in [4.78, 5) is 0. The quantitative estimate of drug-likeness (QED) is 0.851. The number of nitrogens with zero attached hydrogens (tertiary/aromatic N) is 1. The van der Waals surface area contributed by atoms with Crippen molar-refractivity contribution in [3.63, 3.8) is 0 Å². The van der Waals surface area contributed by atoms with E-state index in [0.29, 0.717) is 6.04 Å². The molecule has 0 radical (unpaired) electrons. The Morgan fingerprint density at radius 2 is 2.12 bits per heavy atom. The zero-order chi connectivity index (χ0) is 11.4. The Morgan fingerprint density at radius 1 is 1.38 bits per heavy atom.